The number of benzene rings is 2. The molecular formula is C26H28FN3O5. The molecule has 9 heteroatoms. The van der Waals surface area contributed by atoms with Gasteiger partial charge in [0, 0.05) is 13.1 Å². The molecule has 2 heterocycles. The second-order valence-electron chi connectivity index (χ2n) is 9.54. The molecular weight excluding hydrogens is 453 g/mol. The lowest BCUT2D eigenvalue weighted by Crippen LogP contribution is -2.45. The Kier molecular flexibility index (Phi) is 6.86. The highest BCUT2D eigenvalue weighted by Gasteiger charge is 2.32. The number of halogens is 1. The van der Waals surface area contributed by atoms with Crippen LogP contribution in [-0.4, -0.2) is 45.2 Å². The SMILES string of the molecule is CC(C)(C)OC(=O)N1CCCC(C(=O)OCc2nc3ccccc3c(=O)n2-c2ccc(F)cc2)C1. The Bertz CT molecular complexity index is 1300. The van der Waals surface area contributed by atoms with Gasteiger partial charge in [0.15, 0.2) is 5.82 Å². The van der Waals surface area contributed by atoms with Crippen molar-refractivity contribution in [3.05, 3.63) is 70.5 Å². The summed E-state index contributed by atoms with van der Waals surface area (Å²) in [5, 5.41) is 0.396. The van der Waals surface area contributed by atoms with Gasteiger partial charge in [-0.2, -0.15) is 0 Å². The van der Waals surface area contributed by atoms with Gasteiger partial charge < -0.3 is 14.4 Å². The molecule has 3 aromatic rings. The van der Waals surface area contributed by atoms with E-state index in [0.717, 1.165) is 0 Å². The van der Waals surface area contributed by atoms with E-state index in [9.17, 15) is 18.8 Å². The Balaban J connectivity index is 1.55. The van der Waals surface area contributed by atoms with E-state index < -0.39 is 29.4 Å². The van der Waals surface area contributed by atoms with Crippen LogP contribution in [0.5, 0.6) is 0 Å². The van der Waals surface area contributed by atoms with Crippen molar-refractivity contribution in [2.45, 2.75) is 45.8 Å². The van der Waals surface area contributed by atoms with Crippen LogP contribution in [0.25, 0.3) is 16.6 Å². The maximum Gasteiger partial charge on any atom is 0.410 e. The van der Waals surface area contributed by atoms with Crippen molar-refractivity contribution in [3.8, 4) is 5.69 Å². The van der Waals surface area contributed by atoms with Crippen LogP contribution in [0, 0.1) is 11.7 Å². The molecule has 1 aliphatic heterocycles. The summed E-state index contributed by atoms with van der Waals surface area (Å²) >= 11 is 0. The number of piperidine rings is 1. The molecule has 184 valence electrons. The van der Waals surface area contributed by atoms with Crippen LogP contribution >= 0.6 is 0 Å². The summed E-state index contributed by atoms with van der Waals surface area (Å²) < 4.78 is 25.8. The van der Waals surface area contributed by atoms with Gasteiger partial charge in [0.25, 0.3) is 5.56 Å². The van der Waals surface area contributed by atoms with Crippen molar-refractivity contribution in [1.82, 2.24) is 14.5 Å². The number of amides is 1. The zero-order valence-electron chi connectivity index (χ0n) is 20.0. The number of hydrogen-bond donors (Lipinski definition) is 0. The minimum atomic E-state index is -0.629. The number of hydrogen-bond acceptors (Lipinski definition) is 6. The first-order chi connectivity index (χ1) is 16.6. The van der Waals surface area contributed by atoms with E-state index in [2.05, 4.69) is 4.98 Å². The van der Waals surface area contributed by atoms with Crippen molar-refractivity contribution < 1.29 is 23.5 Å². The molecule has 1 atom stereocenters. The van der Waals surface area contributed by atoms with Crippen LogP contribution in [0.2, 0.25) is 0 Å². The highest BCUT2D eigenvalue weighted by atomic mass is 19.1. The first-order valence-electron chi connectivity index (χ1n) is 11.5. The largest absolute Gasteiger partial charge is 0.457 e. The molecule has 0 radical (unpaired) electrons. The van der Waals surface area contributed by atoms with Gasteiger partial charge in [0.05, 0.1) is 22.5 Å². The average molecular weight is 482 g/mol. The fourth-order valence-corrected chi connectivity index (χ4v) is 4.05. The number of para-hydroxylation sites is 1. The second-order valence-corrected chi connectivity index (χ2v) is 9.54. The molecule has 0 spiro atoms. The zero-order chi connectivity index (χ0) is 25.2. The van der Waals surface area contributed by atoms with Gasteiger partial charge in [-0.05, 0) is 70.0 Å². The lowest BCUT2D eigenvalue weighted by atomic mass is 9.98. The van der Waals surface area contributed by atoms with E-state index in [1.165, 1.54) is 33.7 Å². The van der Waals surface area contributed by atoms with Crippen LogP contribution in [-0.2, 0) is 20.9 Å². The van der Waals surface area contributed by atoms with Crippen LogP contribution in [0.4, 0.5) is 9.18 Å². The van der Waals surface area contributed by atoms with Gasteiger partial charge in [0.2, 0.25) is 0 Å². The molecule has 1 unspecified atom stereocenters. The highest BCUT2D eigenvalue weighted by Crippen LogP contribution is 2.21. The molecule has 1 saturated heterocycles. The minimum Gasteiger partial charge on any atom is -0.457 e. The van der Waals surface area contributed by atoms with Gasteiger partial charge in [-0.25, -0.2) is 14.2 Å². The van der Waals surface area contributed by atoms with Crippen LogP contribution < -0.4 is 5.56 Å². The number of nitrogens with zero attached hydrogens (tertiary/aromatic N) is 3. The molecule has 1 amide bonds. The number of esters is 1. The predicted octanol–water partition coefficient (Wildman–Crippen LogP) is 4.22. The topological polar surface area (TPSA) is 90.7 Å². The number of rotatable bonds is 4. The minimum absolute atomic E-state index is 0.198. The summed E-state index contributed by atoms with van der Waals surface area (Å²) in [4.78, 5) is 44.6. The Hall–Kier alpha value is -3.75. The molecule has 0 N–H and O–H groups in total. The Morgan fingerprint density at radius 2 is 1.83 bits per heavy atom. The molecule has 0 bridgehead atoms. The number of likely N-dealkylation sites (tertiary alicyclic amines) is 1. The highest BCUT2D eigenvalue weighted by molar-refractivity contribution is 5.78. The van der Waals surface area contributed by atoms with E-state index in [4.69, 9.17) is 9.47 Å². The van der Waals surface area contributed by atoms with E-state index in [0.29, 0.717) is 36.0 Å². The molecule has 1 aliphatic rings. The fourth-order valence-electron chi connectivity index (χ4n) is 4.05. The van der Waals surface area contributed by atoms with Crippen molar-refractivity contribution in [3.63, 3.8) is 0 Å². The van der Waals surface area contributed by atoms with E-state index >= 15 is 0 Å². The van der Waals surface area contributed by atoms with Gasteiger partial charge in [-0.15, -0.1) is 0 Å². The van der Waals surface area contributed by atoms with Crippen molar-refractivity contribution in [2.75, 3.05) is 13.1 Å². The van der Waals surface area contributed by atoms with Gasteiger partial charge in [-0.3, -0.25) is 14.2 Å². The van der Waals surface area contributed by atoms with Crippen molar-refractivity contribution in [1.29, 1.82) is 0 Å². The molecule has 4 rings (SSSR count). The second kappa shape index (κ2) is 9.85. The molecule has 0 aliphatic carbocycles. The monoisotopic (exact) mass is 481 g/mol. The summed E-state index contributed by atoms with van der Waals surface area (Å²) in [5.41, 5.74) is -0.0942. The number of carbonyl (C=O) groups excluding carboxylic acids is 2. The molecule has 0 saturated carbocycles. The van der Waals surface area contributed by atoms with E-state index in [-0.39, 0.29) is 24.5 Å². The fraction of sp³-hybridized carbons (Fsp3) is 0.385. The summed E-state index contributed by atoms with van der Waals surface area (Å²) in [5.74, 6) is -1.21. The third kappa shape index (κ3) is 5.67. The van der Waals surface area contributed by atoms with Crippen molar-refractivity contribution in [2.24, 2.45) is 5.92 Å². The number of aromatic nitrogens is 2. The Morgan fingerprint density at radius 1 is 1.11 bits per heavy atom. The zero-order valence-corrected chi connectivity index (χ0v) is 20.0. The molecule has 1 aromatic heterocycles. The molecule has 1 fully saturated rings. The van der Waals surface area contributed by atoms with Crippen LogP contribution in [0.1, 0.15) is 39.4 Å². The normalized spacial score (nSPS) is 16.2. The van der Waals surface area contributed by atoms with Gasteiger partial charge in [0.1, 0.15) is 18.0 Å². The van der Waals surface area contributed by atoms with E-state index in [1.807, 2.05) is 0 Å². The van der Waals surface area contributed by atoms with Gasteiger partial charge in [-0.1, -0.05) is 12.1 Å². The number of carbonyl (C=O) groups is 2. The van der Waals surface area contributed by atoms with Crippen molar-refractivity contribution >= 4 is 23.0 Å². The van der Waals surface area contributed by atoms with Gasteiger partial charge >= 0.3 is 12.1 Å². The Morgan fingerprint density at radius 3 is 2.54 bits per heavy atom. The molecule has 2 aromatic carbocycles. The maximum absolute atomic E-state index is 13.5. The molecule has 8 nitrogen and oxygen atoms in total. The predicted molar refractivity (Wildman–Crippen MR) is 128 cm³/mol. The summed E-state index contributed by atoms with van der Waals surface area (Å²) in [6.07, 6.45) is 0.762. The van der Waals surface area contributed by atoms with Crippen LogP contribution in [0.15, 0.2) is 53.3 Å². The first kappa shape index (κ1) is 24.4. The average Bonchev–Trinajstić information content (AvgIpc) is 2.82. The smallest absolute Gasteiger partial charge is 0.410 e. The lowest BCUT2D eigenvalue weighted by molar-refractivity contribution is -0.151. The quantitative estimate of drug-likeness (QED) is 0.519. The Labute approximate surface area is 202 Å². The number of fused-ring (bicyclic) bond motifs is 1. The van der Waals surface area contributed by atoms with E-state index in [1.54, 1.807) is 45.0 Å². The van der Waals surface area contributed by atoms with Crippen LogP contribution in [0.3, 0.4) is 0 Å². The summed E-state index contributed by atoms with van der Waals surface area (Å²) in [7, 11) is 0. The maximum atomic E-state index is 13.5. The summed E-state index contributed by atoms with van der Waals surface area (Å²) in [6, 6.07) is 12.3. The standard InChI is InChI=1S/C26H28FN3O5/c1-26(2,3)35-25(33)29-14-6-7-17(15-29)24(32)34-16-22-28-21-9-5-4-8-20(21)23(31)30(22)19-12-10-18(27)11-13-19/h4-5,8-13,17H,6-7,14-16H2,1-3H3. The first-order valence-corrected chi connectivity index (χ1v) is 11.5. The molecule has 35 heavy (non-hydrogen) atoms. The summed E-state index contributed by atoms with van der Waals surface area (Å²) in [6.45, 7) is 5.82. The third-order valence-electron chi connectivity index (χ3n) is 5.68. The lowest BCUT2D eigenvalue weighted by Gasteiger charge is -2.33. The third-order valence-corrected chi connectivity index (χ3v) is 5.68. The number of ether oxygens (including phenoxy) is 2.